The minimum Gasteiger partial charge on any atom is -0.355 e. The molecule has 7 nitrogen and oxygen atoms in total. The molecular weight excluding hydrogens is 400 g/mol. The Balaban J connectivity index is 1.47. The quantitative estimate of drug-likeness (QED) is 0.487. The molecular formula is C19H21ClN4O3S. The summed E-state index contributed by atoms with van der Waals surface area (Å²) in [7, 11) is -3.83. The lowest BCUT2D eigenvalue weighted by atomic mass is 10.3. The van der Waals surface area contributed by atoms with Crippen LogP contribution in [0.4, 0.5) is 0 Å². The van der Waals surface area contributed by atoms with Crippen LogP contribution in [-0.2, 0) is 21.2 Å². The predicted molar refractivity (Wildman–Crippen MR) is 109 cm³/mol. The van der Waals surface area contributed by atoms with Crippen LogP contribution < -0.4 is 10.0 Å². The number of para-hydroxylation sites is 2. The highest BCUT2D eigenvalue weighted by Gasteiger charge is 2.22. The van der Waals surface area contributed by atoms with Crippen LogP contribution in [0.15, 0.2) is 53.4 Å². The molecule has 2 aromatic carbocycles. The van der Waals surface area contributed by atoms with Crippen molar-refractivity contribution in [3.05, 3.63) is 59.4 Å². The lowest BCUT2D eigenvalue weighted by molar-refractivity contribution is -0.122. The highest BCUT2D eigenvalue weighted by atomic mass is 35.5. The van der Waals surface area contributed by atoms with Crippen molar-refractivity contribution in [2.45, 2.75) is 30.7 Å². The zero-order valence-corrected chi connectivity index (χ0v) is 16.8. The van der Waals surface area contributed by atoms with Crippen molar-refractivity contribution in [2.24, 2.45) is 0 Å². The van der Waals surface area contributed by atoms with Gasteiger partial charge in [0.2, 0.25) is 15.9 Å². The van der Waals surface area contributed by atoms with E-state index in [-0.39, 0.29) is 4.90 Å². The SMILES string of the molecule is C[C@H](NS(=O)(=O)c1cccc(Cl)c1)C(=O)NCCCc1nc2ccccc2[nH]1. The van der Waals surface area contributed by atoms with E-state index in [9.17, 15) is 13.2 Å². The van der Waals surface area contributed by atoms with Crippen LogP contribution in [-0.4, -0.2) is 36.9 Å². The zero-order chi connectivity index (χ0) is 20.1. The molecule has 0 saturated carbocycles. The van der Waals surface area contributed by atoms with Crippen LogP contribution in [0.25, 0.3) is 11.0 Å². The molecule has 0 aliphatic carbocycles. The van der Waals surface area contributed by atoms with E-state index in [2.05, 4.69) is 20.0 Å². The Bertz CT molecular complexity index is 1050. The van der Waals surface area contributed by atoms with Crippen molar-refractivity contribution in [1.29, 1.82) is 0 Å². The lowest BCUT2D eigenvalue weighted by Crippen LogP contribution is -2.45. The van der Waals surface area contributed by atoms with Gasteiger partial charge in [-0.1, -0.05) is 29.8 Å². The van der Waals surface area contributed by atoms with E-state index in [1.807, 2.05) is 24.3 Å². The summed E-state index contributed by atoms with van der Waals surface area (Å²) in [6.45, 7) is 1.91. The summed E-state index contributed by atoms with van der Waals surface area (Å²) >= 11 is 5.83. The molecule has 3 aromatic rings. The average Bonchev–Trinajstić information content (AvgIpc) is 3.07. The molecule has 28 heavy (non-hydrogen) atoms. The summed E-state index contributed by atoms with van der Waals surface area (Å²) in [5, 5.41) is 3.05. The maximum absolute atomic E-state index is 12.3. The first-order chi connectivity index (χ1) is 13.3. The fourth-order valence-corrected chi connectivity index (χ4v) is 4.24. The number of hydrogen-bond donors (Lipinski definition) is 3. The number of fused-ring (bicyclic) bond motifs is 1. The van der Waals surface area contributed by atoms with E-state index in [1.165, 1.54) is 19.1 Å². The molecule has 0 fully saturated rings. The van der Waals surface area contributed by atoms with Crippen molar-refractivity contribution in [3.63, 3.8) is 0 Å². The molecule has 148 valence electrons. The highest BCUT2D eigenvalue weighted by Crippen LogP contribution is 2.15. The van der Waals surface area contributed by atoms with Gasteiger partial charge < -0.3 is 10.3 Å². The largest absolute Gasteiger partial charge is 0.355 e. The normalized spacial score (nSPS) is 12.8. The van der Waals surface area contributed by atoms with Gasteiger partial charge in [-0.25, -0.2) is 13.4 Å². The summed E-state index contributed by atoms with van der Waals surface area (Å²) in [5.74, 6) is 0.459. The molecule has 0 bridgehead atoms. The minimum atomic E-state index is -3.83. The van der Waals surface area contributed by atoms with Gasteiger partial charge in [-0.05, 0) is 43.7 Å². The van der Waals surface area contributed by atoms with Gasteiger partial charge in [0.05, 0.1) is 22.0 Å². The van der Waals surface area contributed by atoms with E-state index < -0.39 is 22.0 Å². The third-order valence-corrected chi connectivity index (χ3v) is 5.93. The Morgan fingerprint density at radius 1 is 1.21 bits per heavy atom. The van der Waals surface area contributed by atoms with Crippen LogP contribution in [0.1, 0.15) is 19.2 Å². The van der Waals surface area contributed by atoms with Crippen LogP contribution in [0, 0.1) is 0 Å². The number of nitrogens with one attached hydrogen (secondary N) is 3. The molecule has 0 radical (unpaired) electrons. The summed E-state index contributed by atoms with van der Waals surface area (Å²) < 4.78 is 27.0. The number of amides is 1. The number of hydrogen-bond acceptors (Lipinski definition) is 4. The summed E-state index contributed by atoms with van der Waals surface area (Å²) in [5.41, 5.74) is 1.89. The van der Waals surface area contributed by atoms with Crippen LogP contribution >= 0.6 is 11.6 Å². The summed E-state index contributed by atoms with van der Waals surface area (Å²) in [6, 6.07) is 12.7. The number of sulfonamides is 1. The van der Waals surface area contributed by atoms with E-state index in [1.54, 1.807) is 12.1 Å². The molecule has 1 amide bonds. The number of aromatic nitrogens is 2. The van der Waals surface area contributed by atoms with Crippen LogP contribution in [0.2, 0.25) is 5.02 Å². The molecule has 0 unspecified atom stereocenters. The standard InChI is InChI=1S/C19H21ClN4O3S/c1-13(24-28(26,27)15-7-4-6-14(20)12-15)19(25)21-11-5-10-18-22-16-8-2-3-9-17(16)23-18/h2-4,6-9,12-13,24H,5,10-11H2,1H3,(H,21,25)(H,22,23)/t13-/m0/s1. The Kier molecular flexibility index (Phi) is 6.33. The van der Waals surface area contributed by atoms with Crippen molar-refractivity contribution in [3.8, 4) is 0 Å². The molecule has 9 heteroatoms. The van der Waals surface area contributed by atoms with Crippen LogP contribution in [0.3, 0.4) is 0 Å². The molecule has 0 aliphatic rings. The molecule has 0 saturated heterocycles. The number of H-pyrrole nitrogens is 1. The Hall–Kier alpha value is -2.42. The van der Waals surface area contributed by atoms with E-state index in [4.69, 9.17) is 11.6 Å². The van der Waals surface area contributed by atoms with E-state index >= 15 is 0 Å². The van der Waals surface area contributed by atoms with Gasteiger partial charge in [0.25, 0.3) is 0 Å². The van der Waals surface area contributed by atoms with Gasteiger partial charge in [0.15, 0.2) is 0 Å². The Morgan fingerprint density at radius 3 is 2.75 bits per heavy atom. The molecule has 1 heterocycles. The lowest BCUT2D eigenvalue weighted by Gasteiger charge is -2.14. The summed E-state index contributed by atoms with van der Waals surface area (Å²) in [6.07, 6.45) is 1.36. The van der Waals surface area contributed by atoms with Crippen molar-refractivity contribution < 1.29 is 13.2 Å². The average molecular weight is 421 g/mol. The number of carbonyl (C=O) groups excluding carboxylic acids is 1. The second-order valence-corrected chi connectivity index (χ2v) is 8.55. The van der Waals surface area contributed by atoms with Crippen molar-refractivity contribution in [1.82, 2.24) is 20.0 Å². The van der Waals surface area contributed by atoms with Gasteiger partial charge in [-0.3, -0.25) is 4.79 Å². The maximum atomic E-state index is 12.3. The molecule has 0 aliphatic heterocycles. The number of aromatic amines is 1. The van der Waals surface area contributed by atoms with Gasteiger partial charge in [0.1, 0.15) is 5.82 Å². The third kappa shape index (κ3) is 5.09. The first kappa shape index (κ1) is 20.3. The number of halogens is 1. The first-order valence-electron chi connectivity index (χ1n) is 8.84. The second-order valence-electron chi connectivity index (χ2n) is 6.40. The smallest absolute Gasteiger partial charge is 0.241 e. The monoisotopic (exact) mass is 420 g/mol. The number of imidazole rings is 1. The third-order valence-electron chi connectivity index (χ3n) is 4.16. The Morgan fingerprint density at radius 2 is 2.00 bits per heavy atom. The van der Waals surface area contributed by atoms with Gasteiger partial charge in [-0.15, -0.1) is 0 Å². The fraction of sp³-hybridized carbons (Fsp3) is 0.263. The van der Waals surface area contributed by atoms with Gasteiger partial charge >= 0.3 is 0 Å². The number of aryl methyl sites for hydroxylation is 1. The van der Waals surface area contributed by atoms with Crippen molar-refractivity contribution in [2.75, 3.05) is 6.54 Å². The second kappa shape index (κ2) is 8.72. The van der Waals surface area contributed by atoms with Gasteiger partial charge in [0, 0.05) is 18.0 Å². The number of nitrogens with zero attached hydrogens (tertiary/aromatic N) is 1. The predicted octanol–water partition coefficient (Wildman–Crippen LogP) is 2.63. The fourth-order valence-electron chi connectivity index (χ4n) is 2.73. The summed E-state index contributed by atoms with van der Waals surface area (Å²) in [4.78, 5) is 19.9. The molecule has 1 aromatic heterocycles. The number of carbonyl (C=O) groups is 1. The molecule has 3 rings (SSSR count). The van der Waals surface area contributed by atoms with E-state index in [0.29, 0.717) is 24.4 Å². The highest BCUT2D eigenvalue weighted by molar-refractivity contribution is 7.89. The minimum absolute atomic E-state index is 0.0181. The number of rotatable bonds is 8. The van der Waals surface area contributed by atoms with Crippen molar-refractivity contribution >= 4 is 38.6 Å². The molecule has 0 spiro atoms. The number of benzene rings is 2. The zero-order valence-electron chi connectivity index (χ0n) is 15.3. The van der Waals surface area contributed by atoms with E-state index in [0.717, 1.165) is 16.9 Å². The molecule has 3 N–H and O–H groups in total. The van der Waals surface area contributed by atoms with Gasteiger partial charge in [-0.2, -0.15) is 4.72 Å². The van der Waals surface area contributed by atoms with Crippen LogP contribution in [0.5, 0.6) is 0 Å². The molecule has 1 atom stereocenters. The Labute approximate surface area is 168 Å². The first-order valence-corrected chi connectivity index (χ1v) is 10.7. The maximum Gasteiger partial charge on any atom is 0.241 e. The topological polar surface area (TPSA) is 104 Å².